The van der Waals surface area contributed by atoms with Crippen molar-refractivity contribution in [3.63, 3.8) is 0 Å². The standard InChI is InChI=1S/C29H32N4O2S/c1-28(2,3)27(35)33(22-6-9-36-10-7-22)17-18-11-19-12-20-14-29(15-21(20)13-24(19)31-16-18)23-5-4-8-30-25(23)32-26(29)34/h4-5,8,11-13,16,22H,6-7,9-10,14-15,17H2,1-3H3,(H,30,32,34)/t29-/m0/s1. The number of hydrogen-bond acceptors (Lipinski definition) is 5. The number of rotatable bonds is 3. The Hall–Kier alpha value is -2.93. The van der Waals surface area contributed by atoms with Crippen molar-refractivity contribution < 1.29 is 9.59 Å². The number of thioether (sulfide) groups is 1. The third kappa shape index (κ3) is 3.88. The Balaban J connectivity index is 1.32. The molecule has 6 nitrogen and oxygen atoms in total. The van der Waals surface area contributed by atoms with Gasteiger partial charge in [-0.1, -0.05) is 26.8 Å². The minimum atomic E-state index is -0.582. The predicted octanol–water partition coefficient (Wildman–Crippen LogP) is 4.89. The summed E-state index contributed by atoms with van der Waals surface area (Å²) in [4.78, 5) is 37.8. The van der Waals surface area contributed by atoms with Crippen LogP contribution in [0.4, 0.5) is 5.82 Å². The van der Waals surface area contributed by atoms with Crippen LogP contribution in [0.15, 0.2) is 42.7 Å². The van der Waals surface area contributed by atoms with Gasteiger partial charge in [-0.25, -0.2) is 4.98 Å². The third-order valence-corrected chi connectivity index (χ3v) is 8.97. The maximum absolute atomic E-state index is 13.4. The molecule has 1 fully saturated rings. The van der Waals surface area contributed by atoms with Crippen molar-refractivity contribution in [2.24, 2.45) is 5.41 Å². The molecule has 2 aliphatic heterocycles. The summed E-state index contributed by atoms with van der Waals surface area (Å²) in [5.41, 5.74) is 4.35. The first-order valence-corrected chi connectivity index (χ1v) is 14.0. The lowest BCUT2D eigenvalue weighted by Gasteiger charge is -2.38. The number of fused-ring (bicyclic) bond motifs is 4. The van der Waals surface area contributed by atoms with Gasteiger partial charge in [-0.15, -0.1) is 0 Å². The van der Waals surface area contributed by atoms with E-state index in [1.165, 1.54) is 11.1 Å². The highest BCUT2D eigenvalue weighted by atomic mass is 32.2. The van der Waals surface area contributed by atoms with Crippen LogP contribution < -0.4 is 5.32 Å². The van der Waals surface area contributed by atoms with E-state index in [0.29, 0.717) is 25.2 Å². The number of carbonyl (C=O) groups is 2. The molecule has 1 aliphatic carbocycles. The van der Waals surface area contributed by atoms with Crippen molar-refractivity contribution in [1.82, 2.24) is 14.9 Å². The number of pyridine rings is 2. The van der Waals surface area contributed by atoms with Crippen LogP contribution in [0.5, 0.6) is 0 Å². The van der Waals surface area contributed by atoms with Crippen molar-refractivity contribution in [1.29, 1.82) is 0 Å². The highest BCUT2D eigenvalue weighted by Gasteiger charge is 2.51. The first-order chi connectivity index (χ1) is 17.2. The Bertz CT molecular complexity index is 1380. The van der Waals surface area contributed by atoms with E-state index in [9.17, 15) is 9.59 Å². The number of anilines is 1. The van der Waals surface area contributed by atoms with Crippen LogP contribution in [0.25, 0.3) is 10.9 Å². The van der Waals surface area contributed by atoms with Crippen LogP contribution >= 0.6 is 11.8 Å². The molecule has 1 saturated heterocycles. The van der Waals surface area contributed by atoms with Crippen molar-refractivity contribution in [2.45, 2.75) is 64.5 Å². The van der Waals surface area contributed by atoms with E-state index in [4.69, 9.17) is 4.98 Å². The van der Waals surface area contributed by atoms with Crippen LogP contribution in [0.3, 0.4) is 0 Å². The van der Waals surface area contributed by atoms with E-state index in [1.807, 2.05) is 50.9 Å². The zero-order chi connectivity index (χ0) is 25.1. The summed E-state index contributed by atoms with van der Waals surface area (Å²) >= 11 is 1.98. The highest BCUT2D eigenvalue weighted by molar-refractivity contribution is 7.99. The molecule has 0 saturated carbocycles. The molecular formula is C29H32N4O2S. The van der Waals surface area contributed by atoms with Crippen molar-refractivity contribution in [2.75, 3.05) is 16.8 Å². The second kappa shape index (κ2) is 8.58. The van der Waals surface area contributed by atoms with Gasteiger partial charge in [0.15, 0.2) is 0 Å². The van der Waals surface area contributed by atoms with Gasteiger partial charge in [0.25, 0.3) is 0 Å². The molecule has 36 heavy (non-hydrogen) atoms. The minimum Gasteiger partial charge on any atom is -0.335 e. The fourth-order valence-electron chi connectivity index (χ4n) is 6.02. The maximum Gasteiger partial charge on any atom is 0.237 e. The Morgan fingerprint density at radius 2 is 1.89 bits per heavy atom. The fraction of sp³-hybridized carbons (Fsp3) is 0.448. The van der Waals surface area contributed by atoms with Gasteiger partial charge in [0.2, 0.25) is 11.8 Å². The quantitative estimate of drug-likeness (QED) is 0.554. The number of hydrogen-bond donors (Lipinski definition) is 1. The summed E-state index contributed by atoms with van der Waals surface area (Å²) in [6.45, 7) is 6.59. The first-order valence-electron chi connectivity index (χ1n) is 12.8. The molecule has 7 heteroatoms. The highest BCUT2D eigenvalue weighted by Crippen LogP contribution is 2.47. The molecule has 0 unspecified atom stereocenters. The zero-order valence-corrected chi connectivity index (χ0v) is 22.0. The molecule has 1 N–H and O–H groups in total. The molecule has 186 valence electrons. The van der Waals surface area contributed by atoms with Crippen LogP contribution in [0.1, 0.15) is 55.9 Å². The van der Waals surface area contributed by atoms with Crippen molar-refractivity contribution in [3.8, 4) is 0 Å². The smallest absolute Gasteiger partial charge is 0.237 e. The van der Waals surface area contributed by atoms with Gasteiger partial charge in [0, 0.05) is 41.3 Å². The fourth-order valence-corrected chi connectivity index (χ4v) is 7.10. The molecule has 3 aliphatic rings. The summed E-state index contributed by atoms with van der Waals surface area (Å²) in [7, 11) is 0. The number of nitrogens with one attached hydrogen (secondary N) is 1. The molecule has 6 rings (SSSR count). The summed E-state index contributed by atoms with van der Waals surface area (Å²) in [5.74, 6) is 3.13. The number of carbonyl (C=O) groups excluding carboxylic acids is 2. The molecule has 4 heterocycles. The lowest BCUT2D eigenvalue weighted by molar-refractivity contribution is -0.143. The summed E-state index contributed by atoms with van der Waals surface area (Å²) < 4.78 is 0. The molecule has 2 amide bonds. The number of benzene rings is 1. The predicted molar refractivity (Wildman–Crippen MR) is 144 cm³/mol. The van der Waals surface area contributed by atoms with Gasteiger partial charge in [-0.05, 0) is 78.1 Å². The van der Waals surface area contributed by atoms with Crippen molar-refractivity contribution in [3.05, 3.63) is 65.0 Å². The SMILES string of the molecule is CC(C)(C)C(=O)N(Cc1cnc2cc3c(cc2c1)C[C@@]1(C3)C(=O)Nc2ncccc21)C1CCSCC1. The normalized spacial score (nSPS) is 21.5. The molecule has 2 aromatic heterocycles. The van der Waals surface area contributed by atoms with E-state index < -0.39 is 10.8 Å². The Labute approximate surface area is 216 Å². The van der Waals surface area contributed by atoms with Gasteiger partial charge >= 0.3 is 0 Å². The molecule has 0 radical (unpaired) electrons. The third-order valence-electron chi connectivity index (χ3n) is 7.92. The molecule has 1 aromatic carbocycles. The largest absolute Gasteiger partial charge is 0.335 e. The average Bonchev–Trinajstić information content (AvgIpc) is 3.37. The van der Waals surface area contributed by atoms with E-state index >= 15 is 0 Å². The Morgan fingerprint density at radius 1 is 1.14 bits per heavy atom. The molecular weight excluding hydrogens is 468 g/mol. The van der Waals surface area contributed by atoms with Gasteiger partial charge in [0.05, 0.1) is 10.9 Å². The summed E-state index contributed by atoms with van der Waals surface area (Å²) in [5, 5.41) is 4.05. The molecule has 3 aromatic rings. The number of aromatic nitrogens is 2. The lowest BCUT2D eigenvalue weighted by Crippen LogP contribution is -2.46. The number of nitrogens with zero attached hydrogens (tertiary/aromatic N) is 3. The molecule has 1 spiro atoms. The van der Waals surface area contributed by atoms with Crippen LogP contribution in [-0.2, 0) is 34.4 Å². The molecule has 0 bridgehead atoms. The lowest BCUT2D eigenvalue weighted by atomic mass is 9.79. The van der Waals surface area contributed by atoms with Gasteiger partial charge in [0.1, 0.15) is 5.82 Å². The average molecular weight is 501 g/mol. The van der Waals surface area contributed by atoms with Gasteiger partial charge in [-0.2, -0.15) is 11.8 Å². The van der Waals surface area contributed by atoms with Crippen LogP contribution in [0, 0.1) is 5.41 Å². The van der Waals surface area contributed by atoms with E-state index in [2.05, 4.69) is 33.4 Å². The minimum absolute atomic E-state index is 0.0343. The van der Waals surface area contributed by atoms with Crippen LogP contribution in [-0.4, -0.2) is 44.2 Å². The monoisotopic (exact) mass is 500 g/mol. The van der Waals surface area contributed by atoms with Crippen molar-refractivity contribution >= 4 is 40.3 Å². The van der Waals surface area contributed by atoms with Gasteiger partial charge in [-0.3, -0.25) is 14.6 Å². The zero-order valence-electron chi connectivity index (χ0n) is 21.1. The second-order valence-corrected chi connectivity index (χ2v) is 12.7. The summed E-state index contributed by atoms with van der Waals surface area (Å²) in [6.07, 6.45) is 7.06. The van der Waals surface area contributed by atoms with Gasteiger partial charge < -0.3 is 10.2 Å². The van der Waals surface area contributed by atoms with Crippen LogP contribution in [0.2, 0.25) is 0 Å². The Kier molecular flexibility index (Phi) is 5.59. The maximum atomic E-state index is 13.4. The topological polar surface area (TPSA) is 75.2 Å². The van der Waals surface area contributed by atoms with E-state index in [-0.39, 0.29) is 17.9 Å². The van der Waals surface area contributed by atoms with E-state index in [1.54, 1.807) is 6.20 Å². The second-order valence-electron chi connectivity index (χ2n) is 11.5. The molecule has 1 atom stereocenters. The Morgan fingerprint density at radius 3 is 2.64 bits per heavy atom. The van der Waals surface area contributed by atoms with E-state index in [0.717, 1.165) is 46.4 Å². The summed E-state index contributed by atoms with van der Waals surface area (Å²) in [6, 6.07) is 10.7. The first kappa shape index (κ1) is 23.5. The number of amides is 2.